The zero-order valence-corrected chi connectivity index (χ0v) is 10.3. The summed E-state index contributed by atoms with van der Waals surface area (Å²) in [5.41, 5.74) is 0. The van der Waals surface area contributed by atoms with E-state index in [0.29, 0.717) is 33.0 Å². The molecule has 6 heteroatoms. The van der Waals surface area contributed by atoms with E-state index in [0.717, 1.165) is 6.08 Å². The van der Waals surface area contributed by atoms with Gasteiger partial charge in [-0.2, -0.15) is 0 Å². The maximum absolute atomic E-state index is 10.1. The molecule has 0 bridgehead atoms. The fourth-order valence-electron chi connectivity index (χ4n) is 0.652. The first-order valence-electron chi connectivity index (χ1n) is 5.39. The first-order valence-corrected chi connectivity index (χ1v) is 5.39. The molecule has 0 amide bonds. The summed E-state index contributed by atoms with van der Waals surface area (Å²) in [4.78, 5) is 10.1. The van der Waals surface area contributed by atoms with Crippen molar-refractivity contribution < 1.29 is 29.2 Å². The summed E-state index contributed by atoms with van der Waals surface area (Å²) < 4.78 is 14.2. The van der Waals surface area contributed by atoms with Gasteiger partial charge in [0, 0.05) is 6.08 Å². The highest BCUT2D eigenvalue weighted by molar-refractivity contribution is 5.81. The van der Waals surface area contributed by atoms with Gasteiger partial charge in [-0.3, -0.25) is 0 Å². The molecule has 6 nitrogen and oxygen atoms in total. The van der Waals surface area contributed by atoms with Gasteiger partial charge in [-0.25, -0.2) is 4.79 Å². The molecule has 0 fully saturated rings. The number of ether oxygens (including phenoxy) is 3. The van der Waals surface area contributed by atoms with E-state index in [9.17, 15) is 4.79 Å². The lowest BCUT2D eigenvalue weighted by Gasteiger charge is -2.01. The SMILES string of the molecule is C=CC(=O)OCC.OCCOCCOCCO. The number of hydrogen-bond donors (Lipinski definition) is 2. The summed E-state index contributed by atoms with van der Waals surface area (Å²) in [5.74, 6) is -0.359. The van der Waals surface area contributed by atoms with Gasteiger partial charge in [0.05, 0.1) is 46.2 Å². The standard InChI is InChI=1S/C6H14O4.C5H8O2/c7-1-3-9-5-6-10-4-2-8;1-3-5(6)7-4-2/h7-8H,1-6H2;3H,1,4H2,2H3. The van der Waals surface area contributed by atoms with Crippen molar-refractivity contribution >= 4 is 5.97 Å². The Labute approximate surface area is 102 Å². The van der Waals surface area contributed by atoms with E-state index in [4.69, 9.17) is 19.7 Å². The van der Waals surface area contributed by atoms with Crippen LogP contribution in [0.2, 0.25) is 0 Å². The predicted molar refractivity (Wildman–Crippen MR) is 62.6 cm³/mol. The molecule has 0 aliphatic rings. The van der Waals surface area contributed by atoms with E-state index in [-0.39, 0.29) is 19.2 Å². The molecule has 102 valence electrons. The van der Waals surface area contributed by atoms with Crippen LogP contribution in [0.15, 0.2) is 12.7 Å². The molecule has 0 rings (SSSR count). The zero-order valence-electron chi connectivity index (χ0n) is 10.3. The normalized spacial score (nSPS) is 9.12. The van der Waals surface area contributed by atoms with E-state index in [1.54, 1.807) is 6.92 Å². The molecule has 0 heterocycles. The van der Waals surface area contributed by atoms with Gasteiger partial charge in [-0.1, -0.05) is 6.58 Å². The van der Waals surface area contributed by atoms with Crippen molar-refractivity contribution in [2.75, 3.05) is 46.2 Å². The van der Waals surface area contributed by atoms with Gasteiger partial charge >= 0.3 is 5.97 Å². The first kappa shape index (κ1) is 18.4. The summed E-state index contributed by atoms with van der Waals surface area (Å²) in [7, 11) is 0. The number of aliphatic hydroxyl groups is 2. The maximum Gasteiger partial charge on any atom is 0.330 e. The van der Waals surface area contributed by atoms with Crippen LogP contribution in [0.5, 0.6) is 0 Å². The van der Waals surface area contributed by atoms with Crippen molar-refractivity contribution in [1.29, 1.82) is 0 Å². The van der Waals surface area contributed by atoms with E-state index in [1.165, 1.54) is 0 Å². The third kappa shape index (κ3) is 21.0. The van der Waals surface area contributed by atoms with Crippen LogP contribution in [-0.4, -0.2) is 62.4 Å². The quantitative estimate of drug-likeness (QED) is 0.333. The first-order chi connectivity index (χ1) is 8.22. The molecule has 0 aromatic carbocycles. The molecule has 0 aliphatic heterocycles. The average molecular weight is 250 g/mol. The van der Waals surface area contributed by atoms with Crippen molar-refractivity contribution in [3.05, 3.63) is 12.7 Å². The predicted octanol–water partition coefficient (Wildman–Crippen LogP) is -0.260. The van der Waals surface area contributed by atoms with Crippen LogP contribution in [-0.2, 0) is 19.0 Å². The molecule has 0 saturated carbocycles. The fourth-order valence-corrected chi connectivity index (χ4v) is 0.652. The minimum atomic E-state index is -0.359. The van der Waals surface area contributed by atoms with Gasteiger partial charge in [-0.05, 0) is 6.92 Å². The summed E-state index contributed by atoms with van der Waals surface area (Å²) >= 11 is 0. The van der Waals surface area contributed by atoms with Crippen LogP contribution in [0.1, 0.15) is 6.92 Å². The Morgan fingerprint density at radius 3 is 1.82 bits per heavy atom. The minimum absolute atomic E-state index is 0.0417. The summed E-state index contributed by atoms with van der Waals surface area (Å²) in [6, 6.07) is 0. The monoisotopic (exact) mass is 250 g/mol. The molecule has 0 saturated heterocycles. The van der Waals surface area contributed by atoms with Crippen LogP contribution in [0.4, 0.5) is 0 Å². The highest BCUT2D eigenvalue weighted by Crippen LogP contribution is 1.76. The van der Waals surface area contributed by atoms with Crippen LogP contribution >= 0.6 is 0 Å². The van der Waals surface area contributed by atoms with E-state index in [2.05, 4.69) is 11.3 Å². The van der Waals surface area contributed by atoms with Crippen molar-refractivity contribution in [2.24, 2.45) is 0 Å². The Balaban J connectivity index is 0. The second-order valence-electron chi connectivity index (χ2n) is 2.63. The lowest BCUT2D eigenvalue weighted by atomic mass is 10.6. The van der Waals surface area contributed by atoms with Crippen LogP contribution < -0.4 is 0 Å². The highest BCUT2D eigenvalue weighted by atomic mass is 16.5. The lowest BCUT2D eigenvalue weighted by Crippen LogP contribution is -2.09. The number of aliphatic hydroxyl groups excluding tert-OH is 2. The van der Waals surface area contributed by atoms with Crippen LogP contribution in [0.25, 0.3) is 0 Å². The molecular formula is C11H22O6. The Kier molecular flexibility index (Phi) is 18.9. The Bertz CT molecular complexity index is 163. The fraction of sp³-hybridized carbons (Fsp3) is 0.727. The molecule has 0 aliphatic carbocycles. The van der Waals surface area contributed by atoms with Crippen molar-refractivity contribution in [2.45, 2.75) is 6.92 Å². The van der Waals surface area contributed by atoms with Gasteiger partial charge in [0.1, 0.15) is 0 Å². The van der Waals surface area contributed by atoms with Crippen molar-refractivity contribution in [3.8, 4) is 0 Å². The van der Waals surface area contributed by atoms with Gasteiger partial charge in [-0.15, -0.1) is 0 Å². The maximum atomic E-state index is 10.1. The van der Waals surface area contributed by atoms with Gasteiger partial charge in [0.2, 0.25) is 0 Å². The third-order valence-electron chi connectivity index (χ3n) is 1.30. The van der Waals surface area contributed by atoms with E-state index < -0.39 is 0 Å². The molecule has 0 aromatic rings. The molecule has 0 unspecified atom stereocenters. The molecule has 0 spiro atoms. The molecule has 0 radical (unpaired) electrons. The molecular weight excluding hydrogens is 228 g/mol. The van der Waals surface area contributed by atoms with E-state index in [1.807, 2.05) is 0 Å². The Morgan fingerprint density at radius 2 is 1.59 bits per heavy atom. The number of esters is 1. The molecule has 0 aromatic heterocycles. The largest absolute Gasteiger partial charge is 0.463 e. The smallest absolute Gasteiger partial charge is 0.330 e. The van der Waals surface area contributed by atoms with Gasteiger partial charge in [0.15, 0.2) is 0 Å². The third-order valence-corrected chi connectivity index (χ3v) is 1.30. The second kappa shape index (κ2) is 17.4. The van der Waals surface area contributed by atoms with Crippen LogP contribution in [0, 0.1) is 0 Å². The number of carbonyl (C=O) groups excluding carboxylic acids is 1. The van der Waals surface area contributed by atoms with Crippen molar-refractivity contribution in [1.82, 2.24) is 0 Å². The van der Waals surface area contributed by atoms with E-state index >= 15 is 0 Å². The highest BCUT2D eigenvalue weighted by Gasteiger charge is 1.87. The molecule has 0 atom stereocenters. The minimum Gasteiger partial charge on any atom is -0.463 e. The average Bonchev–Trinajstić information content (AvgIpc) is 2.35. The summed E-state index contributed by atoms with van der Waals surface area (Å²) in [5, 5.41) is 16.5. The van der Waals surface area contributed by atoms with Gasteiger partial charge < -0.3 is 24.4 Å². The lowest BCUT2D eigenvalue weighted by molar-refractivity contribution is -0.137. The Hall–Kier alpha value is -0.950. The Morgan fingerprint density at radius 1 is 1.12 bits per heavy atom. The number of rotatable bonds is 9. The van der Waals surface area contributed by atoms with Crippen molar-refractivity contribution in [3.63, 3.8) is 0 Å². The number of hydrogen-bond acceptors (Lipinski definition) is 6. The molecule has 17 heavy (non-hydrogen) atoms. The number of carbonyl (C=O) groups is 1. The van der Waals surface area contributed by atoms with Gasteiger partial charge in [0.25, 0.3) is 0 Å². The second-order valence-corrected chi connectivity index (χ2v) is 2.63. The van der Waals surface area contributed by atoms with Crippen LogP contribution in [0.3, 0.4) is 0 Å². The topological polar surface area (TPSA) is 85.2 Å². The zero-order chi connectivity index (χ0) is 13.4. The molecule has 2 N–H and O–H groups in total. The summed E-state index contributed by atoms with van der Waals surface area (Å²) in [6.45, 7) is 7.11. The summed E-state index contributed by atoms with van der Waals surface area (Å²) in [6.07, 6.45) is 1.14.